The van der Waals surface area contributed by atoms with Crippen LogP contribution in [0.2, 0.25) is 0 Å². The minimum absolute atomic E-state index is 0.167. The number of hydrogen-bond donors (Lipinski definition) is 1. The van der Waals surface area contributed by atoms with Gasteiger partial charge >= 0.3 is 0 Å². The highest BCUT2D eigenvalue weighted by Gasteiger charge is 2.42. The molecule has 1 N–H and O–H groups in total. The van der Waals surface area contributed by atoms with Crippen molar-refractivity contribution in [1.29, 1.82) is 0 Å². The van der Waals surface area contributed by atoms with E-state index in [0.717, 1.165) is 38.0 Å². The average molecular weight is 194 g/mol. The first kappa shape index (κ1) is 9.78. The fourth-order valence-electron chi connectivity index (χ4n) is 2.52. The third-order valence-electron chi connectivity index (χ3n) is 3.35. The number of aliphatic hydroxyl groups is 1. The predicted molar refractivity (Wildman–Crippen MR) is 55.8 cm³/mol. The maximum atomic E-state index is 10.6. The molecule has 2 heteroatoms. The first-order chi connectivity index (χ1) is 6.77. The van der Waals surface area contributed by atoms with Gasteiger partial charge in [0.1, 0.15) is 11.4 Å². The average Bonchev–Trinajstić information content (AvgIpc) is 2.72. The Bertz CT molecular complexity index is 257. The van der Waals surface area contributed by atoms with Gasteiger partial charge < -0.3 is 9.84 Å². The van der Waals surface area contributed by atoms with Gasteiger partial charge in [0.15, 0.2) is 0 Å². The smallest absolute Gasteiger partial charge is 0.127 e. The lowest BCUT2D eigenvalue weighted by Crippen LogP contribution is -2.41. The fourth-order valence-corrected chi connectivity index (χ4v) is 2.52. The normalized spacial score (nSPS) is 37.5. The van der Waals surface area contributed by atoms with Crippen molar-refractivity contribution in [2.75, 3.05) is 6.61 Å². The van der Waals surface area contributed by atoms with E-state index in [9.17, 15) is 5.11 Å². The molecule has 0 amide bonds. The Balaban J connectivity index is 2.21. The summed E-state index contributed by atoms with van der Waals surface area (Å²) in [5, 5.41) is 10.6. The Hall–Kier alpha value is -0.760. The van der Waals surface area contributed by atoms with Crippen LogP contribution in [-0.4, -0.2) is 17.3 Å². The first-order valence-electron chi connectivity index (χ1n) is 5.46. The van der Waals surface area contributed by atoms with Gasteiger partial charge in [-0.3, -0.25) is 0 Å². The van der Waals surface area contributed by atoms with Gasteiger partial charge in [-0.25, -0.2) is 0 Å². The van der Waals surface area contributed by atoms with Gasteiger partial charge in [0.25, 0.3) is 0 Å². The van der Waals surface area contributed by atoms with Crippen LogP contribution in [0.25, 0.3) is 0 Å². The molecule has 2 aliphatic rings. The molecule has 1 heterocycles. The van der Waals surface area contributed by atoms with Gasteiger partial charge in [-0.05, 0) is 18.9 Å². The third kappa shape index (κ3) is 1.48. The van der Waals surface area contributed by atoms with Crippen molar-refractivity contribution < 1.29 is 9.84 Å². The Labute approximate surface area is 85.3 Å². The summed E-state index contributed by atoms with van der Waals surface area (Å²) in [5.74, 6) is 0.961. The molecule has 78 valence electrons. The molecule has 0 spiro atoms. The molecule has 14 heavy (non-hydrogen) atoms. The number of hydrogen-bond acceptors (Lipinski definition) is 2. The monoisotopic (exact) mass is 194 g/mol. The quantitative estimate of drug-likeness (QED) is 0.684. The second-order valence-corrected chi connectivity index (χ2v) is 4.22. The Morgan fingerprint density at radius 1 is 1.57 bits per heavy atom. The van der Waals surface area contributed by atoms with E-state index < -0.39 is 5.60 Å². The van der Waals surface area contributed by atoms with Crippen molar-refractivity contribution in [2.45, 2.75) is 37.7 Å². The molecule has 1 aliphatic carbocycles. The molecule has 1 aliphatic heterocycles. The summed E-state index contributed by atoms with van der Waals surface area (Å²) in [4.78, 5) is 0. The van der Waals surface area contributed by atoms with E-state index in [0.29, 0.717) is 0 Å². The maximum Gasteiger partial charge on any atom is 0.127 e. The van der Waals surface area contributed by atoms with E-state index in [2.05, 4.69) is 6.58 Å². The topological polar surface area (TPSA) is 29.5 Å². The molecule has 1 saturated carbocycles. The molecule has 2 atom stereocenters. The molecule has 0 aromatic rings. The van der Waals surface area contributed by atoms with Crippen molar-refractivity contribution in [3.05, 3.63) is 24.5 Å². The largest absolute Gasteiger partial charge is 0.495 e. The highest BCUT2D eigenvalue weighted by molar-refractivity contribution is 5.19. The fraction of sp³-hybridized carbons (Fsp3) is 0.667. The van der Waals surface area contributed by atoms with E-state index in [1.165, 1.54) is 6.42 Å². The summed E-state index contributed by atoms with van der Waals surface area (Å²) < 4.78 is 5.49. The van der Waals surface area contributed by atoms with Crippen LogP contribution in [0.3, 0.4) is 0 Å². The second-order valence-electron chi connectivity index (χ2n) is 4.22. The first-order valence-corrected chi connectivity index (χ1v) is 5.46. The molecule has 0 aromatic carbocycles. The van der Waals surface area contributed by atoms with Gasteiger partial charge in [-0.2, -0.15) is 0 Å². The third-order valence-corrected chi connectivity index (χ3v) is 3.35. The van der Waals surface area contributed by atoms with Gasteiger partial charge in [0.05, 0.1) is 6.61 Å². The molecule has 2 nitrogen and oxygen atoms in total. The van der Waals surface area contributed by atoms with Crippen molar-refractivity contribution in [3.63, 3.8) is 0 Å². The van der Waals surface area contributed by atoms with E-state index in [-0.39, 0.29) is 5.92 Å². The van der Waals surface area contributed by atoms with Crippen LogP contribution in [0.1, 0.15) is 32.1 Å². The molecule has 0 aromatic heterocycles. The van der Waals surface area contributed by atoms with Gasteiger partial charge in [0.2, 0.25) is 0 Å². The summed E-state index contributed by atoms with van der Waals surface area (Å²) in [6.45, 7) is 4.53. The van der Waals surface area contributed by atoms with E-state index in [1.54, 1.807) is 0 Å². The van der Waals surface area contributed by atoms with Crippen LogP contribution in [0.4, 0.5) is 0 Å². The van der Waals surface area contributed by atoms with Gasteiger partial charge in [0, 0.05) is 12.3 Å². The summed E-state index contributed by atoms with van der Waals surface area (Å²) >= 11 is 0. The molecule has 0 bridgehead atoms. The molecule has 2 unspecified atom stereocenters. The van der Waals surface area contributed by atoms with Gasteiger partial charge in [-0.1, -0.05) is 18.9 Å². The van der Waals surface area contributed by atoms with Crippen molar-refractivity contribution in [2.24, 2.45) is 5.92 Å². The summed E-state index contributed by atoms with van der Waals surface area (Å²) in [6.07, 6.45) is 8.95. The zero-order valence-corrected chi connectivity index (χ0v) is 8.54. The van der Waals surface area contributed by atoms with E-state index >= 15 is 0 Å². The van der Waals surface area contributed by atoms with Crippen LogP contribution in [0, 0.1) is 5.92 Å². The lowest BCUT2D eigenvalue weighted by Gasteiger charge is -2.38. The Kier molecular flexibility index (Phi) is 2.64. The minimum atomic E-state index is -0.753. The van der Waals surface area contributed by atoms with Crippen LogP contribution in [0.5, 0.6) is 0 Å². The molecule has 0 saturated heterocycles. The minimum Gasteiger partial charge on any atom is -0.495 e. The molecule has 2 rings (SSSR count). The van der Waals surface area contributed by atoms with Crippen molar-refractivity contribution >= 4 is 0 Å². The highest BCUT2D eigenvalue weighted by Crippen LogP contribution is 2.41. The van der Waals surface area contributed by atoms with E-state index in [1.807, 2.05) is 12.2 Å². The van der Waals surface area contributed by atoms with Crippen molar-refractivity contribution in [3.8, 4) is 0 Å². The molecule has 0 radical (unpaired) electrons. The van der Waals surface area contributed by atoms with E-state index in [4.69, 9.17) is 4.74 Å². The molecule has 1 fully saturated rings. The molecular formula is C12H18O2. The zero-order valence-electron chi connectivity index (χ0n) is 8.54. The summed E-state index contributed by atoms with van der Waals surface area (Å²) in [7, 11) is 0. The standard InChI is InChI=1S/C12H18O2/c1-2-10-6-3-4-8-12(10,13)11-7-5-9-14-11/h2,7,10,13H,1,3-6,8-9H2. The highest BCUT2D eigenvalue weighted by atomic mass is 16.5. The lowest BCUT2D eigenvalue weighted by atomic mass is 9.74. The Morgan fingerprint density at radius 2 is 2.43 bits per heavy atom. The summed E-state index contributed by atoms with van der Waals surface area (Å²) in [5.41, 5.74) is -0.753. The lowest BCUT2D eigenvalue weighted by molar-refractivity contribution is -0.0382. The van der Waals surface area contributed by atoms with Crippen LogP contribution in [0.15, 0.2) is 24.5 Å². The summed E-state index contributed by atoms with van der Waals surface area (Å²) in [6, 6.07) is 0. The van der Waals surface area contributed by atoms with Crippen LogP contribution < -0.4 is 0 Å². The number of rotatable bonds is 2. The second kappa shape index (κ2) is 3.77. The number of ether oxygens (including phenoxy) is 1. The SMILES string of the molecule is C=CC1CCCCC1(O)C1=CCCO1. The maximum absolute atomic E-state index is 10.6. The predicted octanol–water partition coefficient (Wildman–Crippen LogP) is 2.40. The van der Waals surface area contributed by atoms with Crippen LogP contribution in [-0.2, 0) is 4.74 Å². The van der Waals surface area contributed by atoms with Crippen LogP contribution >= 0.6 is 0 Å². The van der Waals surface area contributed by atoms with Gasteiger partial charge in [-0.15, -0.1) is 6.58 Å². The zero-order chi connectivity index (χ0) is 10.0. The molecular weight excluding hydrogens is 176 g/mol. The Morgan fingerprint density at radius 3 is 3.07 bits per heavy atom. The van der Waals surface area contributed by atoms with Crippen molar-refractivity contribution in [1.82, 2.24) is 0 Å².